The van der Waals surface area contributed by atoms with Crippen molar-refractivity contribution in [2.24, 2.45) is 4.99 Å². The predicted octanol–water partition coefficient (Wildman–Crippen LogP) is -0.0567. The van der Waals surface area contributed by atoms with Crippen LogP contribution >= 0.6 is 0 Å². The number of rotatable bonds is 28. The SMILES string of the molecule is C=CCCCCCC(=O)NCCN(CCCO)CC(=O)O.C=CCCCCCC([O-])=NCCN(CCCO)CC(=O)[O-].[Ca+2]. The number of nitrogens with zero attached hydrogens (tertiary/aromatic N) is 3. The Balaban J connectivity index is -0.000000727. The molecule has 0 heterocycles. The first-order valence-corrected chi connectivity index (χ1v) is 15.0. The van der Waals surface area contributed by atoms with Gasteiger partial charge < -0.3 is 40.6 Å². The van der Waals surface area contributed by atoms with Crippen LogP contribution in [-0.4, -0.2) is 152 Å². The van der Waals surface area contributed by atoms with Crippen molar-refractivity contribution in [3.63, 3.8) is 0 Å². The van der Waals surface area contributed by atoms with E-state index in [1.54, 1.807) is 9.80 Å². The van der Waals surface area contributed by atoms with Crippen LogP contribution in [0.3, 0.4) is 0 Å². The van der Waals surface area contributed by atoms with E-state index in [2.05, 4.69) is 23.5 Å². The van der Waals surface area contributed by atoms with Crippen molar-refractivity contribution in [1.29, 1.82) is 0 Å². The Bertz CT molecular complexity index is 756. The maximum Gasteiger partial charge on any atom is 2.00 e. The van der Waals surface area contributed by atoms with Gasteiger partial charge in [0.1, 0.15) is 0 Å². The largest absolute Gasteiger partial charge is 2.00 e. The zero-order valence-electron chi connectivity index (χ0n) is 26.1. The summed E-state index contributed by atoms with van der Waals surface area (Å²) in [4.78, 5) is 40.1. The average molecular weight is 639 g/mol. The molecule has 0 aromatic heterocycles. The Morgan fingerprint density at radius 1 is 0.744 bits per heavy atom. The number of aliphatic hydroxyl groups is 2. The minimum absolute atomic E-state index is 0. The molecular formula is C30H54CaN4O8. The number of carboxylic acid groups (broad SMARTS) is 2. The van der Waals surface area contributed by atoms with Crippen molar-refractivity contribution in [2.75, 3.05) is 65.6 Å². The topological polar surface area (TPSA) is 189 Å². The van der Waals surface area contributed by atoms with Crippen LogP contribution in [0.2, 0.25) is 0 Å². The van der Waals surface area contributed by atoms with Gasteiger partial charge in [-0.1, -0.05) is 25.0 Å². The molecule has 244 valence electrons. The van der Waals surface area contributed by atoms with Gasteiger partial charge in [-0.25, -0.2) is 0 Å². The third-order valence-corrected chi connectivity index (χ3v) is 6.04. The number of aliphatic hydroxyl groups excluding tert-OH is 2. The minimum Gasteiger partial charge on any atom is -0.862 e. The second-order valence-corrected chi connectivity index (χ2v) is 9.87. The number of aliphatic imine (C=N–C) groups is 1. The summed E-state index contributed by atoms with van der Waals surface area (Å²) in [5.74, 6) is -2.20. The Morgan fingerprint density at radius 3 is 1.77 bits per heavy atom. The van der Waals surface area contributed by atoms with Crippen molar-refractivity contribution in [2.45, 2.75) is 77.0 Å². The molecule has 0 aromatic rings. The summed E-state index contributed by atoms with van der Waals surface area (Å²) in [6.07, 6.45) is 13.4. The van der Waals surface area contributed by atoms with Crippen LogP contribution < -0.4 is 15.5 Å². The Hall–Kier alpha value is -1.54. The van der Waals surface area contributed by atoms with E-state index in [9.17, 15) is 24.6 Å². The van der Waals surface area contributed by atoms with E-state index < -0.39 is 11.9 Å². The molecule has 0 unspecified atom stereocenters. The molecule has 12 nitrogen and oxygen atoms in total. The molecule has 0 saturated carbocycles. The monoisotopic (exact) mass is 638 g/mol. The number of hydrogen-bond donors (Lipinski definition) is 4. The van der Waals surface area contributed by atoms with Crippen molar-refractivity contribution in [3.8, 4) is 0 Å². The van der Waals surface area contributed by atoms with Gasteiger partial charge in [-0.05, 0) is 63.7 Å². The van der Waals surface area contributed by atoms with Gasteiger partial charge in [-0.2, -0.15) is 0 Å². The first-order valence-electron chi connectivity index (χ1n) is 15.0. The molecule has 0 radical (unpaired) electrons. The second-order valence-electron chi connectivity index (χ2n) is 9.87. The van der Waals surface area contributed by atoms with Crippen LogP contribution in [0, 0.1) is 0 Å². The predicted molar refractivity (Wildman–Crippen MR) is 167 cm³/mol. The van der Waals surface area contributed by atoms with Gasteiger partial charge in [0.15, 0.2) is 0 Å². The van der Waals surface area contributed by atoms with Gasteiger partial charge in [0, 0.05) is 58.9 Å². The quantitative estimate of drug-likeness (QED) is 0.0297. The molecule has 0 fully saturated rings. The molecule has 0 rings (SSSR count). The van der Waals surface area contributed by atoms with Crippen molar-refractivity contribution < 1.29 is 39.9 Å². The van der Waals surface area contributed by atoms with Gasteiger partial charge in [0.05, 0.1) is 19.1 Å². The minimum atomic E-state index is -1.17. The third kappa shape index (κ3) is 36.6. The Kier molecular flexibility index (Phi) is 37.3. The third-order valence-electron chi connectivity index (χ3n) is 6.04. The number of amides is 1. The van der Waals surface area contributed by atoms with Gasteiger partial charge in [-0.3, -0.25) is 19.4 Å². The maximum absolute atomic E-state index is 11.6. The summed E-state index contributed by atoms with van der Waals surface area (Å²) in [6.45, 7) is 9.61. The number of aliphatic carboxylic acids is 2. The molecular weight excluding hydrogens is 584 g/mol. The standard InChI is InChI=1S/2C15H28N2O4.Ca/c2*1-2-3-4-5-6-8-14(19)16-9-11-17(10-7-12-18)13-15(20)21;/h2*2,18H,1,3-13H2,(H,16,19)(H,20,21);/q;;+2/p-2. The fourth-order valence-electron chi connectivity index (χ4n) is 3.83. The fraction of sp³-hybridized carbons (Fsp3) is 0.733. The molecule has 0 aromatic carbocycles. The molecule has 13 heteroatoms. The van der Waals surface area contributed by atoms with E-state index in [0.29, 0.717) is 58.4 Å². The summed E-state index contributed by atoms with van der Waals surface area (Å²) in [5, 5.41) is 51.2. The number of carbonyl (C=O) groups is 3. The number of carboxylic acids is 2. The van der Waals surface area contributed by atoms with Crippen LogP contribution in [0.15, 0.2) is 30.3 Å². The van der Waals surface area contributed by atoms with Crippen molar-refractivity contribution in [3.05, 3.63) is 25.3 Å². The van der Waals surface area contributed by atoms with Crippen LogP contribution in [0.4, 0.5) is 0 Å². The smallest absolute Gasteiger partial charge is 0.862 e. The first kappa shape index (κ1) is 45.9. The maximum atomic E-state index is 11.6. The normalized spacial score (nSPS) is 10.9. The van der Waals surface area contributed by atoms with Crippen LogP contribution in [0.25, 0.3) is 0 Å². The van der Waals surface area contributed by atoms with Gasteiger partial charge in [0.25, 0.3) is 0 Å². The molecule has 0 spiro atoms. The summed E-state index contributed by atoms with van der Waals surface area (Å²) < 4.78 is 0. The van der Waals surface area contributed by atoms with Crippen molar-refractivity contribution in [1.82, 2.24) is 15.1 Å². The molecule has 0 aliphatic rings. The molecule has 43 heavy (non-hydrogen) atoms. The summed E-state index contributed by atoms with van der Waals surface area (Å²) >= 11 is 0. The van der Waals surface area contributed by atoms with Crippen molar-refractivity contribution >= 4 is 61.5 Å². The van der Waals surface area contributed by atoms with Gasteiger partial charge in [0.2, 0.25) is 5.91 Å². The van der Waals surface area contributed by atoms with E-state index >= 15 is 0 Å². The molecule has 0 atom stereocenters. The van der Waals surface area contributed by atoms with Gasteiger partial charge >= 0.3 is 43.7 Å². The Morgan fingerprint density at radius 2 is 1.28 bits per heavy atom. The van der Waals surface area contributed by atoms with Crippen LogP contribution in [0.5, 0.6) is 0 Å². The van der Waals surface area contributed by atoms with Crippen LogP contribution in [-0.2, 0) is 14.4 Å². The summed E-state index contributed by atoms with van der Waals surface area (Å²) in [5.41, 5.74) is 0. The molecule has 0 bridgehead atoms. The number of nitrogens with one attached hydrogen (secondary N) is 1. The first-order chi connectivity index (χ1) is 20.2. The van der Waals surface area contributed by atoms with E-state index in [1.165, 1.54) is 0 Å². The summed E-state index contributed by atoms with van der Waals surface area (Å²) in [6, 6.07) is 0. The number of carbonyl (C=O) groups excluding carboxylic acids is 2. The van der Waals surface area contributed by atoms with E-state index in [4.69, 9.17) is 15.3 Å². The summed E-state index contributed by atoms with van der Waals surface area (Å²) in [7, 11) is 0. The fourth-order valence-corrected chi connectivity index (χ4v) is 3.83. The zero-order chi connectivity index (χ0) is 31.8. The van der Waals surface area contributed by atoms with E-state index in [0.717, 1.165) is 51.4 Å². The van der Waals surface area contributed by atoms with E-state index in [-0.39, 0.29) is 82.4 Å². The number of unbranched alkanes of at least 4 members (excludes halogenated alkanes) is 6. The Labute approximate surface area is 287 Å². The van der Waals surface area contributed by atoms with E-state index in [1.807, 2.05) is 12.2 Å². The second kappa shape index (κ2) is 34.9. The molecule has 0 saturated heterocycles. The average Bonchev–Trinajstić information content (AvgIpc) is 2.94. The van der Waals surface area contributed by atoms with Gasteiger partial charge in [-0.15, -0.1) is 13.2 Å². The van der Waals surface area contributed by atoms with Crippen LogP contribution in [0.1, 0.15) is 77.0 Å². The number of allylic oxidation sites excluding steroid dienone is 2. The molecule has 0 aliphatic carbocycles. The molecule has 0 aliphatic heterocycles. The molecule has 1 amide bonds. The number of hydrogen-bond acceptors (Lipinski definition) is 10. The zero-order valence-corrected chi connectivity index (χ0v) is 28.3. The molecule has 4 N–H and O–H groups in total.